The molecule has 0 saturated heterocycles. The fourth-order valence-electron chi connectivity index (χ4n) is 2.51. The summed E-state index contributed by atoms with van der Waals surface area (Å²) < 4.78 is 0. The second kappa shape index (κ2) is 5.53. The van der Waals surface area contributed by atoms with E-state index in [-0.39, 0.29) is 5.92 Å². The van der Waals surface area contributed by atoms with Gasteiger partial charge in [0.05, 0.1) is 5.69 Å². The summed E-state index contributed by atoms with van der Waals surface area (Å²) in [6.07, 6.45) is 4.03. The standard InChI is InChI=1S/C17H19ClN2/c1-11(2)17-19-15(10-16(18)20-17)14-8-6-13(7-9-14)12-4-3-5-12/h6-12H,3-5H2,1-2H3. The van der Waals surface area contributed by atoms with E-state index in [4.69, 9.17) is 11.6 Å². The van der Waals surface area contributed by atoms with Crippen molar-refractivity contribution in [2.24, 2.45) is 0 Å². The third-order valence-corrected chi connectivity index (χ3v) is 4.21. The number of rotatable bonds is 3. The van der Waals surface area contributed by atoms with Gasteiger partial charge in [-0.15, -0.1) is 0 Å². The molecule has 1 fully saturated rings. The highest BCUT2D eigenvalue weighted by molar-refractivity contribution is 6.29. The molecule has 0 radical (unpaired) electrons. The van der Waals surface area contributed by atoms with Gasteiger partial charge in [-0.25, -0.2) is 9.97 Å². The van der Waals surface area contributed by atoms with E-state index in [1.54, 1.807) is 0 Å². The lowest BCUT2D eigenvalue weighted by atomic mass is 9.80. The number of hydrogen-bond donors (Lipinski definition) is 0. The smallest absolute Gasteiger partial charge is 0.133 e. The lowest BCUT2D eigenvalue weighted by molar-refractivity contribution is 0.420. The van der Waals surface area contributed by atoms with Crippen LogP contribution in [0.4, 0.5) is 0 Å². The number of benzene rings is 1. The van der Waals surface area contributed by atoms with Gasteiger partial charge in [0.2, 0.25) is 0 Å². The fourth-order valence-corrected chi connectivity index (χ4v) is 2.70. The molecule has 104 valence electrons. The van der Waals surface area contributed by atoms with Gasteiger partial charge in [0.1, 0.15) is 11.0 Å². The van der Waals surface area contributed by atoms with Crippen molar-refractivity contribution in [1.29, 1.82) is 0 Å². The van der Waals surface area contributed by atoms with Gasteiger partial charge in [-0.1, -0.05) is 56.1 Å². The van der Waals surface area contributed by atoms with Gasteiger partial charge < -0.3 is 0 Å². The van der Waals surface area contributed by atoms with Crippen LogP contribution in [-0.2, 0) is 0 Å². The van der Waals surface area contributed by atoms with Crippen molar-refractivity contribution in [3.63, 3.8) is 0 Å². The van der Waals surface area contributed by atoms with E-state index in [1.165, 1.54) is 24.8 Å². The predicted molar refractivity (Wildman–Crippen MR) is 83.2 cm³/mol. The second-order valence-electron chi connectivity index (χ2n) is 5.84. The topological polar surface area (TPSA) is 25.8 Å². The van der Waals surface area contributed by atoms with Crippen LogP contribution in [0.5, 0.6) is 0 Å². The van der Waals surface area contributed by atoms with Crippen molar-refractivity contribution in [2.75, 3.05) is 0 Å². The molecule has 20 heavy (non-hydrogen) atoms. The lowest BCUT2D eigenvalue weighted by Crippen LogP contribution is -2.08. The molecule has 2 aromatic rings. The Bertz CT molecular complexity index is 601. The Kier molecular flexibility index (Phi) is 3.75. The van der Waals surface area contributed by atoms with Crippen LogP contribution in [0.2, 0.25) is 5.15 Å². The fraction of sp³-hybridized carbons (Fsp3) is 0.412. The first-order valence-corrected chi connectivity index (χ1v) is 7.66. The minimum atomic E-state index is 0.279. The number of aromatic nitrogens is 2. The molecule has 1 aliphatic carbocycles. The van der Waals surface area contributed by atoms with E-state index in [2.05, 4.69) is 48.1 Å². The van der Waals surface area contributed by atoms with Crippen LogP contribution in [0.25, 0.3) is 11.3 Å². The molecule has 1 aliphatic rings. The average Bonchev–Trinajstić information content (AvgIpc) is 2.37. The van der Waals surface area contributed by atoms with E-state index < -0.39 is 0 Å². The summed E-state index contributed by atoms with van der Waals surface area (Å²) in [6, 6.07) is 10.6. The molecule has 1 heterocycles. The predicted octanol–water partition coefficient (Wildman–Crippen LogP) is 5.19. The SMILES string of the molecule is CC(C)c1nc(Cl)cc(-c2ccc(C3CCC3)cc2)n1. The molecule has 3 heteroatoms. The third kappa shape index (κ3) is 2.71. The van der Waals surface area contributed by atoms with E-state index in [9.17, 15) is 0 Å². The van der Waals surface area contributed by atoms with Crippen LogP contribution in [0.3, 0.4) is 0 Å². The van der Waals surface area contributed by atoms with Gasteiger partial charge in [-0.05, 0) is 24.3 Å². The Labute approximate surface area is 125 Å². The lowest BCUT2D eigenvalue weighted by Gasteiger charge is -2.25. The third-order valence-electron chi connectivity index (χ3n) is 4.01. The largest absolute Gasteiger partial charge is 0.233 e. The maximum atomic E-state index is 6.11. The molecule has 0 N–H and O–H groups in total. The Morgan fingerprint density at radius 1 is 1.10 bits per heavy atom. The summed E-state index contributed by atoms with van der Waals surface area (Å²) in [5.74, 6) is 1.85. The summed E-state index contributed by atoms with van der Waals surface area (Å²) >= 11 is 6.11. The monoisotopic (exact) mass is 286 g/mol. The van der Waals surface area contributed by atoms with Crippen molar-refractivity contribution in [2.45, 2.75) is 44.9 Å². The zero-order valence-corrected chi connectivity index (χ0v) is 12.7. The van der Waals surface area contributed by atoms with Crippen LogP contribution in [0, 0.1) is 0 Å². The van der Waals surface area contributed by atoms with Gasteiger partial charge in [0.25, 0.3) is 0 Å². The average molecular weight is 287 g/mol. The summed E-state index contributed by atoms with van der Waals surface area (Å²) in [6.45, 7) is 4.16. The zero-order chi connectivity index (χ0) is 14.1. The van der Waals surface area contributed by atoms with E-state index >= 15 is 0 Å². The molecule has 0 aliphatic heterocycles. The Morgan fingerprint density at radius 3 is 2.35 bits per heavy atom. The normalized spacial score (nSPS) is 15.4. The molecule has 1 saturated carbocycles. The Balaban J connectivity index is 1.91. The first-order chi connectivity index (χ1) is 9.63. The number of hydrogen-bond acceptors (Lipinski definition) is 2. The van der Waals surface area contributed by atoms with Crippen LogP contribution in [-0.4, -0.2) is 9.97 Å². The van der Waals surface area contributed by atoms with Gasteiger partial charge >= 0.3 is 0 Å². The summed E-state index contributed by atoms with van der Waals surface area (Å²) in [7, 11) is 0. The van der Waals surface area contributed by atoms with Gasteiger partial charge in [0, 0.05) is 17.5 Å². The molecule has 0 unspecified atom stereocenters. The highest BCUT2D eigenvalue weighted by Gasteiger charge is 2.19. The molecular formula is C17H19ClN2. The maximum Gasteiger partial charge on any atom is 0.133 e. The highest BCUT2D eigenvalue weighted by atomic mass is 35.5. The van der Waals surface area contributed by atoms with Crippen LogP contribution < -0.4 is 0 Å². The minimum Gasteiger partial charge on any atom is -0.233 e. The van der Waals surface area contributed by atoms with E-state index in [0.29, 0.717) is 5.15 Å². The van der Waals surface area contributed by atoms with Crippen LogP contribution >= 0.6 is 11.6 Å². The maximum absolute atomic E-state index is 6.11. The second-order valence-corrected chi connectivity index (χ2v) is 6.23. The van der Waals surface area contributed by atoms with Gasteiger partial charge in [-0.3, -0.25) is 0 Å². The molecular weight excluding hydrogens is 268 g/mol. The molecule has 0 atom stereocenters. The Morgan fingerprint density at radius 2 is 1.80 bits per heavy atom. The molecule has 0 bridgehead atoms. The van der Waals surface area contributed by atoms with Gasteiger partial charge in [-0.2, -0.15) is 0 Å². The number of halogens is 1. The first kappa shape index (κ1) is 13.6. The number of nitrogens with zero attached hydrogens (tertiary/aromatic N) is 2. The molecule has 1 aromatic carbocycles. The molecule has 1 aromatic heterocycles. The van der Waals surface area contributed by atoms with Crippen LogP contribution in [0.15, 0.2) is 30.3 Å². The van der Waals surface area contributed by atoms with Crippen LogP contribution in [0.1, 0.15) is 56.3 Å². The minimum absolute atomic E-state index is 0.279. The molecule has 0 amide bonds. The van der Waals surface area contributed by atoms with Crippen molar-refractivity contribution >= 4 is 11.6 Å². The van der Waals surface area contributed by atoms with Gasteiger partial charge in [0.15, 0.2) is 0 Å². The quantitative estimate of drug-likeness (QED) is 0.726. The molecule has 3 rings (SSSR count). The highest BCUT2D eigenvalue weighted by Crippen LogP contribution is 2.36. The van der Waals surface area contributed by atoms with Crippen molar-refractivity contribution < 1.29 is 0 Å². The van der Waals surface area contributed by atoms with Crippen molar-refractivity contribution in [1.82, 2.24) is 9.97 Å². The molecule has 2 nitrogen and oxygen atoms in total. The Hall–Kier alpha value is -1.41. The van der Waals surface area contributed by atoms with Crippen molar-refractivity contribution in [3.05, 3.63) is 46.9 Å². The van der Waals surface area contributed by atoms with E-state index in [1.807, 2.05) is 6.07 Å². The summed E-state index contributed by atoms with van der Waals surface area (Å²) in [5.41, 5.74) is 3.47. The summed E-state index contributed by atoms with van der Waals surface area (Å²) in [4.78, 5) is 8.90. The van der Waals surface area contributed by atoms with Crippen molar-refractivity contribution in [3.8, 4) is 11.3 Å². The summed E-state index contributed by atoms with van der Waals surface area (Å²) in [5, 5.41) is 0.516. The van der Waals surface area contributed by atoms with E-state index in [0.717, 1.165) is 23.0 Å². The zero-order valence-electron chi connectivity index (χ0n) is 11.9. The molecule has 0 spiro atoms. The first-order valence-electron chi connectivity index (χ1n) is 7.28.